The summed E-state index contributed by atoms with van der Waals surface area (Å²) in [6, 6.07) is 33.1. The van der Waals surface area contributed by atoms with Gasteiger partial charge >= 0.3 is 0 Å². The summed E-state index contributed by atoms with van der Waals surface area (Å²) < 4.78 is 2.40. The summed E-state index contributed by atoms with van der Waals surface area (Å²) in [6.45, 7) is 5.63. The molecule has 0 bridgehead atoms. The Morgan fingerprint density at radius 3 is 2.30 bits per heavy atom. The van der Waals surface area contributed by atoms with Crippen LogP contribution in [0.15, 0.2) is 91.0 Å². The number of aromatic nitrogens is 1. The number of benzene rings is 4. The van der Waals surface area contributed by atoms with Gasteiger partial charge < -0.3 is 9.47 Å². The zero-order valence-electron chi connectivity index (χ0n) is 19.5. The van der Waals surface area contributed by atoms with Crippen molar-refractivity contribution in [3.05, 3.63) is 102 Å². The smallest absolute Gasteiger partial charge is 0.0839 e. The van der Waals surface area contributed by atoms with E-state index in [2.05, 4.69) is 126 Å². The van der Waals surface area contributed by atoms with E-state index < -0.39 is 0 Å². The molecule has 0 amide bonds. The molecule has 1 unspecified atom stereocenters. The number of anilines is 2. The fourth-order valence-electron chi connectivity index (χ4n) is 5.39. The maximum absolute atomic E-state index is 2.53. The van der Waals surface area contributed by atoms with Crippen molar-refractivity contribution in [1.82, 2.24) is 9.47 Å². The van der Waals surface area contributed by atoms with E-state index in [1.165, 1.54) is 50.0 Å². The number of hydrogen-bond acceptors (Lipinski definition) is 2. The second-order valence-electron chi connectivity index (χ2n) is 9.21. The molecular formula is C30H29N3. The Hall–Kier alpha value is -3.56. The van der Waals surface area contributed by atoms with Gasteiger partial charge in [0.2, 0.25) is 0 Å². The van der Waals surface area contributed by atoms with Crippen LogP contribution in [0.25, 0.3) is 27.5 Å². The van der Waals surface area contributed by atoms with Crippen molar-refractivity contribution in [2.24, 2.45) is 0 Å². The Morgan fingerprint density at radius 1 is 0.727 bits per heavy atom. The minimum absolute atomic E-state index is 0.271. The first-order valence-electron chi connectivity index (χ1n) is 11.8. The first kappa shape index (κ1) is 20.1. The largest absolute Gasteiger partial charge is 0.325 e. The lowest BCUT2D eigenvalue weighted by Gasteiger charge is -2.36. The predicted molar refractivity (Wildman–Crippen MR) is 140 cm³/mol. The molecule has 0 spiro atoms. The molecule has 0 saturated carbocycles. The molecule has 0 radical (unpaired) electrons. The van der Waals surface area contributed by atoms with E-state index in [1.807, 2.05) is 0 Å². The topological polar surface area (TPSA) is 11.4 Å². The molecule has 33 heavy (non-hydrogen) atoms. The first-order valence-corrected chi connectivity index (χ1v) is 11.8. The summed E-state index contributed by atoms with van der Waals surface area (Å²) >= 11 is 0. The molecule has 164 valence electrons. The third-order valence-corrected chi connectivity index (χ3v) is 7.26. The van der Waals surface area contributed by atoms with E-state index in [1.54, 1.807) is 0 Å². The monoisotopic (exact) mass is 431 g/mol. The molecule has 0 saturated heterocycles. The van der Waals surface area contributed by atoms with E-state index >= 15 is 0 Å². The molecule has 3 nitrogen and oxygen atoms in total. The number of nitrogens with zero attached hydrogens (tertiary/aromatic N) is 3. The fraction of sp³-hybridized carbons (Fsp3) is 0.200. The normalized spacial score (nSPS) is 16.8. The van der Waals surface area contributed by atoms with Crippen LogP contribution in [-0.4, -0.2) is 29.2 Å². The molecule has 4 aromatic carbocycles. The quantitative estimate of drug-likeness (QED) is 0.296. The second-order valence-corrected chi connectivity index (χ2v) is 9.21. The summed E-state index contributed by atoms with van der Waals surface area (Å²) in [5.74, 6) is 0. The molecule has 0 N–H and O–H groups in total. The Kier molecular flexibility index (Phi) is 4.74. The Morgan fingerprint density at radius 2 is 1.45 bits per heavy atom. The molecule has 0 aliphatic carbocycles. The molecular weight excluding hydrogens is 402 g/mol. The van der Waals surface area contributed by atoms with E-state index in [0.29, 0.717) is 0 Å². The Labute approximate surface area is 195 Å². The first-order chi connectivity index (χ1) is 16.1. The van der Waals surface area contributed by atoms with Gasteiger partial charge in [0.05, 0.1) is 17.2 Å². The van der Waals surface area contributed by atoms with Crippen molar-refractivity contribution in [3.63, 3.8) is 0 Å². The van der Waals surface area contributed by atoms with Crippen LogP contribution >= 0.6 is 0 Å². The van der Waals surface area contributed by atoms with Crippen LogP contribution in [0.1, 0.15) is 18.1 Å². The highest BCUT2D eigenvalue weighted by Gasteiger charge is 2.27. The summed E-state index contributed by atoms with van der Waals surface area (Å²) in [4.78, 5) is 4.99. The summed E-state index contributed by atoms with van der Waals surface area (Å²) in [5.41, 5.74) is 9.02. The number of fused-ring (bicyclic) bond motifs is 4. The molecule has 5 aromatic rings. The van der Waals surface area contributed by atoms with Crippen LogP contribution in [0.5, 0.6) is 0 Å². The molecule has 1 aliphatic rings. The number of hydrogen-bond donors (Lipinski definition) is 0. The molecule has 0 fully saturated rings. The van der Waals surface area contributed by atoms with Gasteiger partial charge in [-0.1, -0.05) is 54.6 Å². The van der Waals surface area contributed by atoms with Gasteiger partial charge in [-0.05, 0) is 74.8 Å². The molecule has 3 heteroatoms. The third-order valence-electron chi connectivity index (χ3n) is 7.26. The van der Waals surface area contributed by atoms with Gasteiger partial charge in [0.15, 0.2) is 0 Å². The highest BCUT2D eigenvalue weighted by atomic mass is 15.3. The van der Waals surface area contributed by atoms with E-state index in [4.69, 9.17) is 0 Å². The van der Waals surface area contributed by atoms with Crippen LogP contribution in [0.4, 0.5) is 11.4 Å². The highest BCUT2D eigenvalue weighted by molar-refractivity contribution is 6.10. The average Bonchev–Trinajstić information content (AvgIpc) is 3.10. The molecule has 1 atom stereocenters. The number of likely N-dealkylation sites (N-methyl/N-ethyl adjacent to an activating group) is 1. The molecule has 2 heterocycles. The summed E-state index contributed by atoms with van der Waals surface area (Å²) in [5, 5.41) is 2.59. The van der Waals surface area contributed by atoms with E-state index in [0.717, 1.165) is 13.0 Å². The predicted octanol–water partition coefficient (Wildman–Crippen LogP) is 7.06. The zero-order chi connectivity index (χ0) is 22.5. The van der Waals surface area contributed by atoms with Crippen LogP contribution in [0.2, 0.25) is 0 Å². The summed E-state index contributed by atoms with van der Waals surface area (Å²) in [6.07, 6.45) is 1.34. The van der Waals surface area contributed by atoms with Gasteiger partial charge in [0, 0.05) is 34.4 Å². The fourth-order valence-corrected chi connectivity index (χ4v) is 5.39. The van der Waals surface area contributed by atoms with Crippen molar-refractivity contribution < 1.29 is 0 Å². The lowest BCUT2D eigenvalue weighted by Crippen LogP contribution is -2.41. The standard InChI is InChI=1S/C30H29N3/c1-21-19-30-26(25-14-8-10-16-28(25)33(30)24-12-5-4-6-13-24)20-29(21)32-22(2)31(3)18-17-23-11-7-9-15-27(23)32/h4-16,19-20,22H,17-18H2,1-3H3. The third kappa shape index (κ3) is 3.15. The average molecular weight is 432 g/mol. The van der Waals surface area contributed by atoms with Gasteiger partial charge in [0.25, 0.3) is 0 Å². The SMILES string of the molecule is Cc1cc2c(cc1N1c3ccccc3CCN(C)C1C)c1ccccc1n2-c1ccccc1. The van der Waals surface area contributed by atoms with Crippen LogP contribution in [0, 0.1) is 6.92 Å². The Bertz CT molecular complexity index is 1460. The van der Waals surface area contributed by atoms with E-state index in [9.17, 15) is 0 Å². The maximum Gasteiger partial charge on any atom is 0.0839 e. The minimum Gasteiger partial charge on any atom is -0.325 e. The number of aryl methyl sites for hydroxylation is 1. The van der Waals surface area contributed by atoms with Crippen molar-refractivity contribution in [2.75, 3.05) is 18.5 Å². The van der Waals surface area contributed by atoms with Gasteiger partial charge in [-0.15, -0.1) is 0 Å². The number of rotatable bonds is 2. The molecule has 1 aromatic heterocycles. The van der Waals surface area contributed by atoms with E-state index in [-0.39, 0.29) is 6.17 Å². The van der Waals surface area contributed by atoms with Crippen molar-refractivity contribution in [1.29, 1.82) is 0 Å². The Balaban J connectivity index is 1.65. The highest BCUT2D eigenvalue weighted by Crippen LogP contribution is 2.41. The summed E-state index contributed by atoms with van der Waals surface area (Å²) in [7, 11) is 2.23. The second kappa shape index (κ2) is 7.79. The van der Waals surface area contributed by atoms with Gasteiger partial charge in [-0.3, -0.25) is 4.90 Å². The lowest BCUT2D eigenvalue weighted by atomic mass is 10.0. The van der Waals surface area contributed by atoms with Crippen molar-refractivity contribution in [3.8, 4) is 5.69 Å². The van der Waals surface area contributed by atoms with Gasteiger partial charge in [-0.25, -0.2) is 0 Å². The van der Waals surface area contributed by atoms with Crippen molar-refractivity contribution in [2.45, 2.75) is 26.4 Å². The van der Waals surface area contributed by atoms with Gasteiger partial charge in [-0.2, -0.15) is 0 Å². The number of para-hydroxylation sites is 3. The maximum atomic E-state index is 2.53. The lowest BCUT2D eigenvalue weighted by molar-refractivity contribution is 0.271. The molecule has 6 rings (SSSR count). The van der Waals surface area contributed by atoms with Crippen LogP contribution in [0.3, 0.4) is 0 Å². The molecule has 1 aliphatic heterocycles. The van der Waals surface area contributed by atoms with Crippen LogP contribution in [-0.2, 0) is 6.42 Å². The van der Waals surface area contributed by atoms with Crippen LogP contribution < -0.4 is 4.90 Å². The zero-order valence-corrected chi connectivity index (χ0v) is 19.5. The minimum atomic E-state index is 0.271. The van der Waals surface area contributed by atoms with Crippen molar-refractivity contribution >= 4 is 33.2 Å². The van der Waals surface area contributed by atoms with Gasteiger partial charge in [0.1, 0.15) is 0 Å².